The number of hydrogen-bond donors (Lipinski definition) is 2. The van der Waals surface area contributed by atoms with Gasteiger partial charge in [0, 0.05) is 36.1 Å². The zero-order valence-electron chi connectivity index (χ0n) is 16.9. The largest absolute Gasteiger partial charge is 0.493 e. The third-order valence-electron chi connectivity index (χ3n) is 4.90. The molecule has 1 unspecified atom stereocenters. The van der Waals surface area contributed by atoms with Crippen LogP contribution in [0.4, 0.5) is 15.9 Å². The minimum Gasteiger partial charge on any atom is -0.493 e. The lowest BCUT2D eigenvalue weighted by molar-refractivity contribution is 0.0762. The van der Waals surface area contributed by atoms with E-state index in [4.69, 9.17) is 21.1 Å². The van der Waals surface area contributed by atoms with E-state index < -0.39 is 11.9 Å². The number of ether oxygens (including phenoxy) is 2. The lowest BCUT2D eigenvalue weighted by Crippen LogP contribution is -2.34. The summed E-state index contributed by atoms with van der Waals surface area (Å²) < 4.78 is 25.5. The maximum absolute atomic E-state index is 14.2. The fourth-order valence-electron chi connectivity index (χ4n) is 3.36. The summed E-state index contributed by atoms with van der Waals surface area (Å²) in [6, 6.07) is 7.79. The summed E-state index contributed by atoms with van der Waals surface area (Å²) in [6.45, 7) is 2.30. The van der Waals surface area contributed by atoms with Crippen molar-refractivity contribution in [1.82, 2.24) is 14.9 Å². The van der Waals surface area contributed by atoms with Crippen molar-refractivity contribution in [3.63, 3.8) is 0 Å². The van der Waals surface area contributed by atoms with E-state index in [2.05, 4.69) is 32.3 Å². The Labute approximate surface area is 184 Å². The van der Waals surface area contributed by atoms with Crippen molar-refractivity contribution >= 4 is 34.0 Å². The minimum atomic E-state index is -0.643. The first-order valence-electron chi connectivity index (χ1n) is 9.76. The van der Waals surface area contributed by atoms with Gasteiger partial charge in [-0.2, -0.15) is 0 Å². The monoisotopic (exact) mass is 444 g/mol. The van der Waals surface area contributed by atoms with Crippen LogP contribution < -0.4 is 14.8 Å². The average Bonchev–Trinajstić information content (AvgIpc) is 3.26. The summed E-state index contributed by atoms with van der Waals surface area (Å²) in [4.78, 5) is 10.6. The number of aromatic nitrogens is 2. The molecule has 1 atom stereocenters. The van der Waals surface area contributed by atoms with Gasteiger partial charge in [-0.25, -0.2) is 14.4 Å². The molecule has 0 spiro atoms. The first-order chi connectivity index (χ1) is 15.0. The van der Waals surface area contributed by atoms with E-state index in [1.807, 2.05) is 0 Å². The molecule has 1 aliphatic rings. The predicted octanol–water partition coefficient (Wildman–Crippen LogP) is 3.79. The van der Waals surface area contributed by atoms with E-state index in [0.29, 0.717) is 39.8 Å². The topological polar surface area (TPSA) is 79.7 Å². The van der Waals surface area contributed by atoms with E-state index in [-0.39, 0.29) is 12.3 Å². The molecule has 0 amide bonds. The second-order valence-electron chi connectivity index (χ2n) is 7.15. The lowest BCUT2D eigenvalue weighted by Gasteiger charge is -2.20. The Morgan fingerprint density at radius 1 is 1.19 bits per heavy atom. The minimum absolute atomic E-state index is 0.116. The number of halogens is 2. The number of methoxy groups -OCH3 is 1. The molecule has 9 heteroatoms. The summed E-state index contributed by atoms with van der Waals surface area (Å²) in [7, 11) is 1.52. The van der Waals surface area contributed by atoms with Crippen molar-refractivity contribution < 1.29 is 19.0 Å². The van der Waals surface area contributed by atoms with Gasteiger partial charge < -0.3 is 19.9 Å². The van der Waals surface area contributed by atoms with Gasteiger partial charge in [-0.3, -0.25) is 4.90 Å². The number of rotatable bonds is 8. The molecular formula is C22H22ClFN4O3. The zero-order valence-corrected chi connectivity index (χ0v) is 17.6. The second-order valence-corrected chi connectivity index (χ2v) is 7.58. The number of aliphatic hydroxyl groups is 1. The van der Waals surface area contributed by atoms with Crippen LogP contribution in [0.25, 0.3) is 10.9 Å². The normalized spacial score (nSPS) is 14.7. The molecule has 1 aromatic heterocycles. The van der Waals surface area contributed by atoms with Crippen LogP contribution in [-0.4, -0.2) is 59.4 Å². The SMILES string of the molecule is COc1cc2c(Nc3ccc(Cl)cc3F)ncnc2cc1OCC(O)CN1CC=CC1. The molecule has 7 nitrogen and oxygen atoms in total. The van der Waals surface area contributed by atoms with Crippen LogP contribution >= 0.6 is 11.6 Å². The molecule has 0 saturated heterocycles. The average molecular weight is 445 g/mol. The first-order valence-corrected chi connectivity index (χ1v) is 10.1. The molecule has 3 aromatic rings. The third kappa shape index (κ3) is 5.04. The Hall–Kier alpha value is -2.94. The molecule has 31 heavy (non-hydrogen) atoms. The highest BCUT2D eigenvalue weighted by Gasteiger charge is 2.16. The van der Waals surface area contributed by atoms with Gasteiger partial charge in [0.05, 0.1) is 18.3 Å². The Morgan fingerprint density at radius 3 is 2.74 bits per heavy atom. The van der Waals surface area contributed by atoms with Crippen LogP contribution in [0.15, 0.2) is 48.8 Å². The first kappa shape index (κ1) is 21.3. The van der Waals surface area contributed by atoms with Crippen LogP contribution in [0.2, 0.25) is 5.02 Å². The molecule has 162 valence electrons. The molecular weight excluding hydrogens is 423 g/mol. The summed E-state index contributed by atoms with van der Waals surface area (Å²) in [6.07, 6.45) is 4.88. The number of anilines is 2. The standard InChI is InChI=1S/C22H22ClFN4O3/c1-30-20-9-16-19(10-21(20)31-12-15(29)11-28-6-2-3-7-28)25-13-26-22(16)27-18-5-4-14(23)8-17(18)24/h2-5,8-10,13,15,29H,6-7,11-12H2,1H3,(H,25,26,27). The summed E-state index contributed by atoms with van der Waals surface area (Å²) in [5.74, 6) is 0.832. The molecule has 1 aliphatic heterocycles. The van der Waals surface area contributed by atoms with Crippen molar-refractivity contribution in [1.29, 1.82) is 0 Å². The fourth-order valence-corrected chi connectivity index (χ4v) is 3.52. The highest BCUT2D eigenvalue weighted by molar-refractivity contribution is 6.30. The lowest BCUT2D eigenvalue weighted by atomic mass is 10.2. The summed E-state index contributed by atoms with van der Waals surface area (Å²) in [5.41, 5.74) is 0.823. The van der Waals surface area contributed by atoms with E-state index in [1.54, 1.807) is 18.2 Å². The molecule has 0 radical (unpaired) electrons. The van der Waals surface area contributed by atoms with E-state index in [9.17, 15) is 9.50 Å². The van der Waals surface area contributed by atoms with Gasteiger partial charge in [-0.05, 0) is 24.3 Å². The van der Waals surface area contributed by atoms with Gasteiger partial charge >= 0.3 is 0 Å². The Balaban J connectivity index is 1.54. The highest BCUT2D eigenvalue weighted by atomic mass is 35.5. The maximum atomic E-state index is 14.2. The molecule has 2 heterocycles. The van der Waals surface area contributed by atoms with E-state index in [0.717, 1.165) is 13.1 Å². The van der Waals surface area contributed by atoms with Crippen molar-refractivity contribution in [2.24, 2.45) is 0 Å². The number of β-amino-alcohol motifs (C(OH)–C–C–N with tert-alkyl or cyclic N) is 1. The number of benzene rings is 2. The van der Waals surface area contributed by atoms with Crippen molar-refractivity contribution in [2.45, 2.75) is 6.10 Å². The molecule has 2 aromatic carbocycles. The quantitative estimate of drug-likeness (QED) is 0.512. The van der Waals surface area contributed by atoms with Gasteiger partial charge in [0.15, 0.2) is 11.5 Å². The Kier molecular flexibility index (Phi) is 6.50. The highest BCUT2D eigenvalue weighted by Crippen LogP contribution is 2.35. The zero-order chi connectivity index (χ0) is 21.8. The molecule has 0 bridgehead atoms. The predicted molar refractivity (Wildman–Crippen MR) is 118 cm³/mol. The maximum Gasteiger partial charge on any atom is 0.163 e. The van der Waals surface area contributed by atoms with Gasteiger partial charge in [0.2, 0.25) is 0 Å². The van der Waals surface area contributed by atoms with Crippen LogP contribution in [0.3, 0.4) is 0 Å². The Morgan fingerprint density at radius 2 is 2.00 bits per heavy atom. The van der Waals surface area contributed by atoms with Crippen molar-refractivity contribution in [2.75, 3.05) is 38.7 Å². The molecule has 0 fully saturated rings. The van der Waals surface area contributed by atoms with E-state index in [1.165, 1.54) is 25.6 Å². The third-order valence-corrected chi connectivity index (χ3v) is 5.13. The molecule has 4 rings (SSSR count). The van der Waals surface area contributed by atoms with Gasteiger partial charge in [-0.1, -0.05) is 23.8 Å². The van der Waals surface area contributed by atoms with Crippen molar-refractivity contribution in [3.8, 4) is 11.5 Å². The summed E-state index contributed by atoms with van der Waals surface area (Å²) in [5, 5.41) is 14.2. The number of aliphatic hydroxyl groups excluding tert-OH is 1. The van der Waals surface area contributed by atoms with Gasteiger partial charge in [-0.15, -0.1) is 0 Å². The summed E-state index contributed by atoms with van der Waals surface area (Å²) >= 11 is 5.82. The molecule has 0 saturated carbocycles. The number of nitrogens with zero attached hydrogens (tertiary/aromatic N) is 3. The fraction of sp³-hybridized carbons (Fsp3) is 0.273. The Bertz CT molecular complexity index is 1100. The smallest absolute Gasteiger partial charge is 0.163 e. The molecule has 0 aliphatic carbocycles. The van der Waals surface area contributed by atoms with Crippen LogP contribution in [0, 0.1) is 5.82 Å². The second kappa shape index (κ2) is 9.47. The number of fused-ring (bicyclic) bond motifs is 1. The van der Waals surface area contributed by atoms with E-state index >= 15 is 0 Å². The van der Waals surface area contributed by atoms with Crippen LogP contribution in [-0.2, 0) is 0 Å². The number of hydrogen-bond acceptors (Lipinski definition) is 7. The van der Waals surface area contributed by atoms with Crippen molar-refractivity contribution in [3.05, 3.63) is 59.7 Å². The van der Waals surface area contributed by atoms with Gasteiger partial charge in [0.1, 0.15) is 30.7 Å². The van der Waals surface area contributed by atoms with Gasteiger partial charge in [0.25, 0.3) is 0 Å². The van der Waals surface area contributed by atoms with Crippen LogP contribution in [0.1, 0.15) is 0 Å². The molecule has 2 N–H and O–H groups in total. The number of nitrogens with one attached hydrogen (secondary N) is 1. The van der Waals surface area contributed by atoms with Crippen LogP contribution in [0.5, 0.6) is 11.5 Å².